The number of rotatable bonds is 4. The molecule has 0 radical (unpaired) electrons. The molecule has 1 N–H and O–H groups in total. The van der Waals surface area contributed by atoms with Gasteiger partial charge < -0.3 is 5.11 Å². The van der Waals surface area contributed by atoms with Crippen molar-refractivity contribution >= 4 is 5.97 Å². The van der Waals surface area contributed by atoms with Crippen molar-refractivity contribution < 1.29 is 31.9 Å². The van der Waals surface area contributed by atoms with Gasteiger partial charge in [0.1, 0.15) is 17.5 Å². The summed E-state index contributed by atoms with van der Waals surface area (Å²) in [5, 5.41) is 8.38. The van der Waals surface area contributed by atoms with E-state index < -0.39 is 47.7 Å². The molecule has 94 valence electrons. The van der Waals surface area contributed by atoms with Gasteiger partial charge >= 0.3 is 5.97 Å². The Labute approximate surface area is 92.7 Å². The average molecular weight is 254 g/mol. The van der Waals surface area contributed by atoms with E-state index >= 15 is 0 Å². The fourth-order valence-corrected chi connectivity index (χ4v) is 1.41. The summed E-state index contributed by atoms with van der Waals surface area (Å²) in [7, 11) is 0. The van der Waals surface area contributed by atoms with E-state index in [0.29, 0.717) is 0 Å². The molecule has 1 aromatic carbocycles. The number of aliphatic carboxylic acids is 1. The summed E-state index contributed by atoms with van der Waals surface area (Å²) in [4.78, 5) is 10.3. The first-order valence-corrected chi connectivity index (χ1v) is 4.47. The molecule has 0 aliphatic rings. The maximum Gasteiger partial charge on any atom is 0.304 e. The van der Waals surface area contributed by atoms with E-state index in [2.05, 4.69) is 0 Å². The van der Waals surface area contributed by atoms with Gasteiger partial charge in [0.05, 0.1) is 12.3 Å². The first kappa shape index (κ1) is 13.4. The van der Waals surface area contributed by atoms with E-state index in [1.165, 1.54) is 0 Å². The molecular weight excluding hydrogens is 247 g/mol. The lowest BCUT2D eigenvalue weighted by Crippen LogP contribution is -2.17. The number of hydrogen-bond donors (Lipinski definition) is 1. The maximum atomic E-state index is 13.2. The molecule has 7 heteroatoms. The van der Waals surface area contributed by atoms with Crippen LogP contribution in [0.5, 0.6) is 0 Å². The highest BCUT2D eigenvalue weighted by atomic mass is 19.3. The topological polar surface area (TPSA) is 37.3 Å². The van der Waals surface area contributed by atoms with Gasteiger partial charge in [0, 0.05) is 17.7 Å². The van der Waals surface area contributed by atoms with Crippen LogP contribution in [0.25, 0.3) is 0 Å². The molecule has 0 spiro atoms. The Hall–Kier alpha value is -1.66. The van der Waals surface area contributed by atoms with E-state index in [4.69, 9.17) is 5.11 Å². The van der Waals surface area contributed by atoms with Gasteiger partial charge in [-0.1, -0.05) is 0 Å². The molecule has 0 saturated heterocycles. The van der Waals surface area contributed by atoms with Crippen LogP contribution < -0.4 is 0 Å². The van der Waals surface area contributed by atoms with Crippen LogP contribution in [0.1, 0.15) is 17.9 Å². The van der Waals surface area contributed by atoms with Crippen molar-refractivity contribution in [3.05, 3.63) is 35.1 Å². The molecule has 2 nitrogen and oxygen atoms in total. The van der Waals surface area contributed by atoms with Gasteiger partial charge in [-0.2, -0.15) is 0 Å². The van der Waals surface area contributed by atoms with Crippen molar-refractivity contribution in [1.82, 2.24) is 0 Å². The van der Waals surface area contributed by atoms with Crippen LogP contribution >= 0.6 is 0 Å². The Morgan fingerprint density at radius 1 is 1.18 bits per heavy atom. The minimum absolute atomic E-state index is 0.232. The second-order valence-corrected chi connectivity index (χ2v) is 3.32. The van der Waals surface area contributed by atoms with E-state index in [0.717, 1.165) is 0 Å². The van der Waals surface area contributed by atoms with Crippen LogP contribution in [0, 0.1) is 17.5 Å². The summed E-state index contributed by atoms with van der Waals surface area (Å²) in [5.41, 5.74) is -1.11. The average Bonchev–Trinajstić information content (AvgIpc) is 2.13. The molecule has 0 amide bonds. The van der Waals surface area contributed by atoms with Crippen LogP contribution in [0.15, 0.2) is 12.1 Å². The number of carboxylic acid groups (broad SMARTS) is 1. The predicted octanol–water partition coefficient (Wildman–Crippen LogP) is 2.93. The zero-order valence-electron chi connectivity index (χ0n) is 8.26. The van der Waals surface area contributed by atoms with Gasteiger partial charge in [-0.15, -0.1) is 0 Å². The Balaban J connectivity index is 3.23. The lowest BCUT2D eigenvalue weighted by Gasteiger charge is -2.15. The molecule has 1 rings (SSSR count). The Morgan fingerprint density at radius 3 is 2.00 bits per heavy atom. The van der Waals surface area contributed by atoms with Crippen LogP contribution in [0.3, 0.4) is 0 Å². The van der Waals surface area contributed by atoms with Gasteiger partial charge in [-0.3, -0.25) is 4.79 Å². The summed E-state index contributed by atoms with van der Waals surface area (Å²) in [6, 6.07) is 0.464. The van der Waals surface area contributed by atoms with Crippen molar-refractivity contribution in [1.29, 1.82) is 0 Å². The van der Waals surface area contributed by atoms with Crippen molar-refractivity contribution in [2.24, 2.45) is 0 Å². The van der Waals surface area contributed by atoms with E-state index in [9.17, 15) is 26.7 Å². The number of benzene rings is 1. The Bertz CT molecular complexity index is 410. The molecule has 0 bridgehead atoms. The summed E-state index contributed by atoms with van der Waals surface area (Å²) in [6.07, 6.45) is -4.41. The van der Waals surface area contributed by atoms with Gasteiger partial charge in [0.2, 0.25) is 6.43 Å². The van der Waals surface area contributed by atoms with Crippen LogP contribution in [-0.4, -0.2) is 17.5 Å². The van der Waals surface area contributed by atoms with Crippen molar-refractivity contribution in [3.8, 4) is 0 Å². The molecule has 0 aliphatic carbocycles. The number of halogens is 5. The van der Waals surface area contributed by atoms with Gasteiger partial charge in [-0.05, 0) is 0 Å². The molecule has 1 atom stereocenters. The second-order valence-electron chi connectivity index (χ2n) is 3.32. The maximum absolute atomic E-state index is 13.2. The van der Waals surface area contributed by atoms with E-state index in [1.54, 1.807) is 0 Å². The first-order chi connectivity index (χ1) is 7.82. The minimum Gasteiger partial charge on any atom is -0.481 e. The lowest BCUT2D eigenvalue weighted by molar-refractivity contribution is -0.138. The third-order valence-corrected chi connectivity index (χ3v) is 2.11. The lowest BCUT2D eigenvalue weighted by atomic mass is 9.95. The summed E-state index contributed by atoms with van der Waals surface area (Å²) < 4.78 is 63.9. The highest BCUT2D eigenvalue weighted by Crippen LogP contribution is 2.31. The largest absolute Gasteiger partial charge is 0.481 e. The monoisotopic (exact) mass is 254 g/mol. The molecule has 0 aromatic heterocycles. The fourth-order valence-electron chi connectivity index (χ4n) is 1.41. The molecule has 1 unspecified atom stereocenters. The zero-order chi connectivity index (χ0) is 13.2. The molecule has 0 saturated carbocycles. The predicted molar refractivity (Wildman–Crippen MR) is 47.3 cm³/mol. The summed E-state index contributed by atoms with van der Waals surface area (Å²) in [5.74, 6) is -8.07. The third kappa shape index (κ3) is 3.15. The molecule has 0 aliphatic heterocycles. The smallest absolute Gasteiger partial charge is 0.304 e. The summed E-state index contributed by atoms with van der Waals surface area (Å²) >= 11 is 0. The van der Waals surface area contributed by atoms with Gasteiger partial charge in [0.15, 0.2) is 0 Å². The van der Waals surface area contributed by atoms with E-state index in [-0.39, 0.29) is 12.1 Å². The molecular formula is C10H7F5O2. The Morgan fingerprint density at radius 2 is 1.65 bits per heavy atom. The fraction of sp³-hybridized carbons (Fsp3) is 0.300. The number of carboxylic acids is 1. The highest BCUT2D eigenvalue weighted by Gasteiger charge is 2.31. The van der Waals surface area contributed by atoms with Crippen molar-refractivity contribution in [2.45, 2.75) is 18.8 Å². The number of alkyl halides is 2. The Kier molecular flexibility index (Phi) is 4.03. The summed E-state index contributed by atoms with van der Waals surface area (Å²) in [6.45, 7) is 0. The molecule has 0 fully saturated rings. The van der Waals surface area contributed by atoms with Crippen molar-refractivity contribution in [2.75, 3.05) is 0 Å². The third-order valence-electron chi connectivity index (χ3n) is 2.11. The van der Waals surface area contributed by atoms with Crippen LogP contribution in [0.4, 0.5) is 22.0 Å². The zero-order valence-corrected chi connectivity index (χ0v) is 8.26. The quantitative estimate of drug-likeness (QED) is 0.839. The highest BCUT2D eigenvalue weighted by molar-refractivity contribution is 5.68. The molecule has 0 heterocycles. The van der Waals surface area contributed by atoms with E-state index in [1.807, 2.05) is 0 Å². The second kappa shape index (κ2) is 5.11. The van der Waals surface area contributed by atoms with Crippen LogP contribution in [0.2, 0.25) is 0 Å². The van der Waals surface area contributed by atoms with Crippen molar-refractivity contribution in [3.63, 3.8) is 0 Å². The molecule has 1 aromatic rings. The van der Waals surface area contributed by atoms with Crippen LogP contribution in [-0.2, 0) is 4.79 Å². The van der Waals surface area contributed by atoms with Gasteiger partial charge in [-0.25, -0.2) is 22.0 Å². The number of carbonyl (C=O) groups is 1. The first-order valence-electron chi connectivity index (χ1n) is 4.47. The number of hydrogen-bond acceptors (Lipinski definition) is 1. The SMILES string of the molecule is O=C(O)CC(c1c(F)cc(F)cc1F)C(F)F. The minimum atomic E-state index is -3.26. The molecule has 17 heavy (non-hydrogen) atoms. The van der Waals surface area contributed by atoms with Gasteiger partial charge in [0.25, 0.3) is 0 Å². The normalized spacial score (nSPS) is 12.8. The standard InChI is InChI=1S/C10H7F5O2/c11-4-1-6(12)9(7(13)2-4)5(10(14)15)3-8(16)17/h1-2,5,10H,3H2,(H,16,17).